The summed E-state index contributed by atoms with van der Waals surface area (Å²) in [5, 5.41) is 11.6. The number of ether oxygens (including phenoxy) is 2. The Hall–Kier alpha value is -2.04. The fraction of sp³-hybridized carbons (Fsp3) is 0.273. The highest BCUT2D eigenvalue weighted by Crippen LogP contribution is 2.12. The van der Waals surface area contributed by atoms with Crippen LogP contribution in [0.3, 0.4) is 0 Å². The summed E-state index contributed by atoms with van der Waals surface area (Å²) in [6, 6.07) is 6.85. The highest BCUT2D eigenvalue weighted by molar-refractivity contribution is 5.98. The molecule has 0 unspecified atom stereocenters. The van der Waals surface area contributed by atoms with E-state index in [4.69, 9.17) is 9.94 Å². The molecule has 0 atom stereocenters. The largest absolute Gasteiger partial charge is 0.482 e. The molecule has 86 valence electrons. The monoisotopic (exact) mass is 223 g/mol. The van der Waals surface area contributed by atoms with Crippen LogP contribution in [0.25, 0.3) is 0 Å². The van der Waals surface area contributed by atoms with Gasteiger partial charge in [-0.25, -0.2) is 4.79 Å². The number of hydrogen-bond donors (Lipinski definition) is 1. The van der Waals surface area contributed by atoms with Crippen molar-refractivity contribution in [1.82, 2.24) is 0 Å². The van der Waals surface area contributed by atoms with Gasteiger partial charge >= 0.3 is 5.97 Å². The number of rotatable bonds is 4. The van der Waals surface area contributed by atoms with E-state index in [0.29, 0.717) is 11.5 Å². The van der Waals surface area contributed by atoms with Crippen LogP contribution in [0.15, 0.2) is 29.4 Å². The summed E-state index contributed by atoms with van der Waals surface area (Å²) in [6.07, 6.45) is 0. The predicted molar refractivity (Wildman–Crippen MR) is 58.0 cm³/mol. The molecule has 0 amide bonds. The van der Waals surface area contributed by atoms with E-state index in [2.05, 4.69) is 9.89 Å². The molecule has 0 saturated heterocycles. The summed E-state index contributed by atoms with van der Waals surface area (Å²) in [5.41, 5.74) is 1.30. The normalized spacial score (nSPS) is 11.0. The molecule has 5 nitrogen and oxygen atoms in total. The molecule has 0 aliphatic rings. The van der Waals surface area contributed by atoms with E-state index in [0.717, 1.165) is 5.56 Å². The van der Waals surface area contributed by atoms with Crippen molar-refractivity contribution >= 4 is 11.7 Å². The first-order valence-corrected chi connectivity index (χ1v) is 4.66. The molecule has 0 saturated carbocycles. The van der Waals surface area contributed by atoms with E-state index in [1.807, 2.05) is 0 Å². The SMILES string of the molecule is COC(=O)COc1ccc(/C(C)=N/O)cc1. The van der Waals surface area contributed by atoms with Gasteiger partial charge in [-0.1, -0.05) is 5.16 Å². The van der Waals surface area contributed by atoms with Gasteiger partial charge in [-0.15, -0.1) is 0 Å². The molecule has 0 aromatic heterocycles. The highest BCUT2D eigenvalue weighted by Gasteiger charge is 2.02. The summed E-state index contributed by atoms with van der Waals surface area (Å²) in [4.78, 5) is 10.8. The molecule has 1 aromatic carbocycles. The van der Waals surface area contributed by atoms with Gasteiger partial charge in [0.1, 0.15) is 5.75 Å². The van der Waals surface area contributed by atoms with Gasteiger partial charge in [0.05, 0.1) is 12.8 Å². The maximum atomic E-state index is 10.8. The second kappa shape index (κ2) is 5.75. The number of nitrogens with zero attached hydrogens (tertiary/aromatic N) is 1. The van der Waals surface area contributed by atoms with E-state index in [1.54, 1.807) is 31.2 Å². The Balaban J connectivity index is 2.61. The highest BCUT2D eigenvalue weighted by atomic mass is 16.6. The van der Waals surface area contributed by atoms with Crippen molar-refractivity contribution in [3.8, 4) is 5.75 Å². The molecule has 1 N–H and O–H groups in total. The third-order valence-corrected chi connectivity index (χ3v) is 2.01. The first-order valence-electron chi connectivity index (χ1n) is 4.66. The van der Waals surface area contributed by atoms with Gasteiger partial charge in [-0.2, -0.15) is 0 Å². The van der Waals surface area contributed by atoms with Crippen LogP contribution >= 0.6 is 0 Å². The topological polar surface area (TPSA) is 68.1 Å². The first-order chi connectivity index (χ1) is 7.67. The van der Waals surface area contributed by atoms with Crippen LogP contribution in [-0.4, -0.2) is 30.6 Å². The van der Waals surface area contributed by atoms with Crippen LogP contribution in [-0.2, 0) is 9.53 Å². The van der Waals surface area contributed by atoms with Gasteiger partial charge in [0.25, 0.3) is 0 Å². The van der Waals surface area contributed by atoms with Crippen molar-refractivity contribution in [3.05, 3.63) is 29.8 Å². The van der Waals surface area contributed by atoms with E-state index in [9.17, 15) is 4.79 Å². The zero-order chi connectivity index (χ0) is 12.0. The summed E-state index contributed by atoms with van der Waals surface area (Å²) in [5.74, 6) is 0.122. The molecule has 0 aliphatic carbocycles. The molecule has 0 aliphatic heterocycles. The molecular weight excluding hydrogens is 210 g/mol. The second-order valence-electron chi connectivity index (χ2n) is 3.07. The standard InChI is InChI=1S/C11H13NO4/c1-8(12-14)9-3-5-10(6-4-9)16-7-11(13)15-2/h3-6,14H,7H2,1-2H3/b12-8+. The lowest BCUT2D eigenvalue weighted by Gasteiger charge is -2.05. The zero-order valence-corrected chi connectivity index (χ0v) is 9.14. The molecule has 0 fully saturated rings. The van der Waals surface area contributed by atoms with Crippen LogP contribution in [0.2, 0.25) is 0 Å². The minimum atomic E-state index is -0.433. The third-order valence-electron chi connectivity index (χ3n) is 2.01. The van der Waals surface area contributed by atoms with E-state index >= 15 is 0 Å². The molecule has 0 heterocycles. The predicted octanol–water partition coefficient (Wildman–Crippen LogP) is 1.44. The molecule has 0 bridgehead atoms. The number of carbonyl (C=O) groups is 1. The fourth-order valence-electron chi connectivity index (χ4n) is 1.05. The number of esters is 1. The van der Waals surface area contributed by atoms with Gasteiger partial charge < -0.3 is 14.7 Å². The molecule has 0 spiro atoms. The minimum absolute atomic E-state index is 0.122. The van der Waals surface area contributed by atoms with Crippen LogP contribution in [0.1, 0.15) is 12.5 Å². The van der Waals surface area contributed by atoms with E-state index in [-0.39, 0.29) is 6.61 Å². The first kappa shape index (κ1) is 12.0. The quantitative estimate of drug-likeness (QED) is 0.363. The van der Waals surface area contributed by atoms with Crippen LogP contribution in [0.5, 0.6) is 5.75 Å². The number of benzene rings is 1. The summed E-state index contributed by atoms with van der Waals surface area (Å²) in [7, 11) is 1.30. The Morgan fingerprint density at radius 2 is 2.00 bits per heavy atom. The lowest BCUT2D eigenvalue weighted by Crippen LogP contribution is -2.12. The van der Waals surface area contributed by atoms with Crippen LogP contribution in [0, 0.1) is 0 Å². The smallest absolute Gasteiger partial charge is 0.343 e. The average Bonchev–Trinajstić information content (AvgIpc) is 2.35. The summed E-state index contributed by atoms with van der Waals surface area (Å²) in [6.45, 7) is 1.56. The molecule has 1 aromatic rings. The van der Waals surface area contributed by atoms with Gasteiger partial charge in [-0.3, -0.25) is 0 Å². The number of carbonyl (C=O) groups excluding carboxylic acids is 1. The Bertz CT molecular complexity index is 383. The number of oxime groups is 1. The van der Waals surface area contributed by atoms with Crippen molar-refractivity contribution in [2.45, 2.75) is 6.92 Å². The van der Waals surface area contributed by atoms with E-state index in [1.165, 1.54) is 7.11 Å². The second-order valence-corrected chi connectivity index (χ2v) is 3.07. The van der Waals surface area contributed by atoms with Crippen LogP contribution < -0.4 is 4.74 Å². The Labute approximate surface area is 93.3 Å². The van der Waals surface area contributed by atoms with Gasteiger partial charge in [0.2, 0.25) is 0 Å². The Morgan fingerprint density at radius 3 is 2.50 bits per heavy atom. The number of methoxy groups -OCH3 is 1. The average molecular weight is 223 g/mol. The molecule has 1 rings (SSSR count). The molecular formula is C11H13NO4. The summed E-state index contributed by atoms with van der Waals surface area (Å²) >= 11 is 0. The van der Waals surface area contributed by atoms with Crippen molar-refractivity contribution in [3.63, 3.8) is 0 Å². The minimum Gasteiger partial charge on any atom is -0.482 e. The molecule has 16 heavy (non-hydrogen) atoms. The number of hydrogen-bond acceptors (Lipinski definition) is 5. The molecule has 5 heteroatoms. The zero-order valence-electron chi connectivity index (χ0n) is 9.14. The maximum absolute atomic E-state index is 10.8. The van der Waals surface area contributed by atoms with Gasteiger partial charge in [-0.05, 0) is 36.8 Å². The maximum Gasteiger partial charge on any atom is 0.343 e. The van der Waals surface area contributed by atoms with E-state index < -0.39 is 5.97 Å². The van der Waals surface area contributed by atoms with Crippen molar-refractivity contribution < 1.29 is 19.5 Å². The summed E-state index contributed by atoms with van der Waals surface area (Å²) < 4.78 is 9.59. The third kappa shape index (κ3) is 3.27. The Kier molecular flexibility index (Phi) is 4.32. The lowest BCUT2D eigenvalue weighted by molar-refractivity contribution is -0.142. The fourth-order valence-corrected chi connectivity index (χ4v) is 1.05. The lowest BCUT2D eigenvalue weighted by atomic mass is 10.1. The van der Waals surface area contributed by atoms with Crippen molar-refractivity contribution in [2.75, 3.05) is 13.7 Å². The van der Waals surface area contributed by atoms with Gasteiger partial charge in [0.15, 0.2) is 6.61 Å². The molecule has 0 radical (unpaired) electrons. The van der Waals surface area contributed by atoms with Crippen LogP contribution in [0.4, 0.5) is 0 Å². The Morgan fingerprint density at radius 1 is 1.38 bits per heavy atom. The van der Waals surface area contributed by atoms with Crippen molar-refractivity contribution in [1.29, 1.82) is 0 Å². The van der Waals surface area contributed by atoms with Crippen molar-refractivity contribution in [2.24, 2.45) is 5.16 Å². The van der Waals surface area contributed by atoms with Gasteiger partial charge in [0, 0.05) is 0 Å².